The SMILES string of the molecule is COc1cc(C2(CN)CC2)c(S(C)(=O)=O)cc1OC. The Kier molecular flexibility index (Phi) is 3.49. The van der Waals surface area contributed by atoms with Gasteiger partial charge in [-0.2, -0.15) is 0 Å². The summed E-state index contributed by atoms with van der Waals surface area (Å²) in [4.78, 5) is 0.285. The maximum absolute atomic E-state index is 12.0. The monoisotopic (exact) mass is 285 g/mol. The number of ether oxygens (including phenoxy) is 2. The number of hydrogen-bond donors (Lipinski definition) is 1. The summed E-state index contributed by atoms with van der Waals surface area (Å²) in [6.07, 6.45) is 3.01. The highest BCUT2D eigenvalue weighted by Crippen LogP contribution is 2.51. The molecular weight excluding hydrogens is 266 g/mol. The third-order valence-electron chi connectivity index (χ3n) is 3.70. The molecule has 1 saturated carbocycles. The van der Waals surface area contributed by atoms with Crippen LogP contribution in [0.25, 0.3) is 0 Å². The molecular formula is C13H19NO4S. The molecule has 0 amide bonds. The Bertz CT molecular complexity index is 591. The van der Waals surface area contributed by atoms with Crippen molar-refractivity contribution in [1.29, 1.82) is 0 Å². The molecule has 0 saturated heterocycles. The minimum absolute atomic E-state index is 0.224. The van der Waals surface area contributed by atoms with E-state index in [2.05, 4.69) is 0 Å². The minimum atomic E-state index is -3.34. The van der Waals surface area contributed by atoms with Crippen LogP contribution < -0.4 is 15.2 Å². The van der Waals surface area contributed by atoms with Gasteiger partial charge >= 0.3 is 0 Å². The van der Waals surface area contributed by atoms with Crippen molar-refractivity contribution in [1.82, 2.24) is 0 Å². The van der Waals surface area contributed by atoms with Gasteiger partial charge in [-0.15, -0.1) is 0 Å². The fourth-order valence-electron chi connectivity index (χ4n) is 2.32. The Morgan fingerprint density at radius 1 is 1.21 bits per heavy atom. The maximum Gasteiger partial charge on any atom is 0.175 e. The lowest BCUT2D eigenvalue weighted by Crippen LogP contribution is -2.22. The number of rotatable bonds is 5. The molecule has 2 N–H and O–H groups in total. The zero-order chi connectivity index (χ0) is 14.3. The molecule has 0 aliphatic heterocycles. The van der Waals surface area contributed by atoms with E-state index in [4.69, 9.17) is 15.2 Å². The van der Waals surface area contributed by atoms with Gasteiger partial charge in [0, 0.05) is 24.3 Å². The minimum Gasteiger partial charge on any atom is -0.493 e. The van der Waals surface area contributed by atoms with E-state index in [-0.39, 0.29) is 10.3 Å². The second-order valence-corrected chi connectivity index (χ2v) is 6.94. The molecule has 6 heteroatoms. The standard InChI is InChI=1S/C13H19NO4S/c1-17-10-6-9(13(8-14)4-5-13)12(19(3,15)16)7-11(10)18-2/h6-7H,4-5,8,14H2,1-3H3. The van der Waals surface area contributed by atoms with E-state index in [0.717, 1.165) is 18.4 Å². The Morgan fingerprint density at radius 2 is 1.74 bits per heavy atom. The molecule has 0 unspecified atom stereocenters. The summed E-state index contributed by atoms with van der Waals surface area (Å²) in [5.74, 6) is 0.948. The van der Waals surface area contributed by atoms with E-state index in [1.165, 1.54) is 26.5 Å². The van der Waals surface area contributed by atoms with Gasteiger partial charge in [0.15, 0.2) is 21.3 Å². The Morgan fingerprint density at radius 3 is 2.11 bits per heavy atom. The van der Waals surface area contributed by atoms with E-state index in [1.54, 1.807) is 6.07 Å². The summed E-state index contributed by atoms with van der Waals surface area (Å²) >= 11 is 0. The van der Waals surface area contributed by atoms with Gasteiger partial charge in [0.05, 0.1) is 19.1 Å². The van der Waals surface area contributed by atoms with Crippen molar-refractivity contribution < 1.29 is 17.9 Å². The van der Waals surface area contributed by atoms with Crippen molar-refractivity contribution in [2.75, 3.05) is 27.0 Å². The second kappa shape index (κ2) is 4.68. The van der Waals surface area contributed by atoms with Crippen LogP contribution in [0.5, 0.6) is 11.5 Å². The van der Waals surface area contributed by atoms with Gasteiger partial charge in [0.1, 0.15) is 0 Å². The summed E-state index contributed by atoms with van der Waals surface area (Å²) in [6, 6.07) is 3.27. The highest BCUT2D eigenvalue weighted by molar-refractivity contribution is 7.90. The van der Waals surface area contributed by atoms with Crippen molar-refractivity contribution in [3.8, 4) is 11.5 Å². The molecule has 1 aliphatic carbocycles. The van der Waals surface area contributed by atoms with E-state index in [1.807, 2.05) is 0 Å². The fourth-order valence-corrected chi connectivity index (χ4v) is 3.31. The van der Waals surface area contributed by atoms with Gasteiger partial charge in [-0.3, -0.25) is 0 Å². The Labute approximate surface area is 113 Å². The molecule has 1 aliphatic rings. The fraction of sp³-hybridized carbons (Fsp3) is 0.538. The number of benzene rings is 1. The van der Waals surface area contributed by atoms with Crippen molar-refractivity contribution in [3.63, 3.8) is 0 Å². The molecule has 1 aromatic rings. The Balaban J connectivity index is 2.70. The van der Waals surface area contributed by atoms with Gasteiger partial charge in [-0.25, -0.2) is 8.42 Å². The highest BCUT2D eigenvalue weighted by atomic mass is 32.2. The van der Waals surface area contributed by atoms with E-state index in [0.29, 0.717) is 18.0 Å². The quantitative estimate of drug-likeness (QED) is 0.876. The van der Waals surface area contributed by atoms with Crippen LogP contribution in [0.4, 0.5) is 0 Å². The van der Waals surface area contributed by atoms with Crippen LogP contribution in [-0.4, -0.2) is 35.4 Å². The van der Waals surface area contributed by atoms with Crippen molar-refractivity contribution in [2.24, 2.45) is 5.73 Å². The number of nitrogens with two attached hydrogens (primary N) is 1. The lowest BCUT2D eigenvalue weighted by atomic mass is 9.95. The van der Waals surface area contributed by atoms with Gasteiger partial charge in [-0.05, 0) is 24.5 Å². The molecule has 0 heterocycles. The van der Waals surface area contributed by atoms with Gasteiger partial charge < -0.3 is 15.2 Å². The molecule has 1 fully saturated rings. The molecule has 5 nitrogen and oxygen atoms in total. The molecule has 0 radical (unpaired) electrons. The van der Waals surface area contributed by atoms with E-state index < -0.39 is 9.84 Å². The molecule has 2 rings (SSSR count). The first-order valence-electron chi connectivity index (χ1n) is 6.04. The molecule has 0 bridgehead atoms. The summed E-state index contributed by atoms with van der Waals surface area (Å²) in [7, 11) is -0.318. The van der Waals surface area contributed by atoms with Crippen LogP contribution >= 0.6 is 0 Å². The van der Waals surface area contributed by atoms with Crippen molar-refractivity contribution in [3.05, 3.63) is 17.7 Å². The Hall–Kier alpha value is -1.27. The summed E-state index contributed by atoms with van der Waals surface area (Å²) in [5, 5.41) is 0. The normalized spacial score (nSPS) is 17.1. The summed E-state index contributed by atoms with van der Waals surface area (Å²) in [5.41, 5.74) is 6.33. The first kappa shape index (κ1) is 14.1. The smallest absolute Gasteiger partial charge is 0.175 e. The second-order valence-electron chi connectivity index (χ2n) is 4.96. The van der Waals surface area contributed by atoms with E-state index >= 15 is 0 Å². The lowest BCUT2D eigenvalue weighted by molar-refractivity contribution is 0.352. The number of sulfone groups is 1. The van der Waals surface area contributed by atoms with Crippen LogP contribution in [0.15, 0.2) is 17.0 Å². The first-order valence-corrected chi connectivity index (χ1v) is 7.94. The number of methoxy groups -OCH3 is 2. The van der Waals surface area contributed by atoms with E-state index in [9.17, 15) is 8.42 Å². The topological polar surface area (TPSA) is 78.6 Å². The van der Waals surface area contributed by atoms with Gasteiger partial charge in [-0.1, -0.05) is 0 Å². The zero-order valence-electron chi connectivity index (χ0n) is 11.4. The molecule has 19 heavy (non-hydrogen) atoms. The molecule has 0 atom stereocenters. The largest absolute Gasteiger partial charge is 0.493 e. The van der Waals surface area contributed by atoms with Gasteiger partial charge in [0.2, 0.25) is 0 Å². The predicted octanol–water partition coefficient (Wildman–Crippen LogP) is 1.10. The third kappa shape index (κ3) is 2.42. The van der Waals surface area contributed by atoms with Crippen molar-refractivity contribution in [2.45, 2.75) is 23.2 Å². The summed E-state index contributed by atoms with van der Waals surface area (Å²) < 4.78 is 34.4. The zero-order valence-corrected chi connectivity index (χ0v) is 12.2. The van der Waals surface area contributed by atoms with Crippen LogP contribution in [0.1, 0.15) is 18.4 Å². The summed E-state index contributed by atoms with van der Waals surface area (Å²) in [6.45, 7) is 0.436. The molecule has 0 aromatic heterocycles. The third-order valence-corrected chi connectivity index (χ3v) is 4.84. The predicted molar refractivity (Wildman–Crippen MR) is 72.6 cm³/mol. The average Bonchev–Trinajstić information content (AvgIpc) is 3.17. The van der Waals surface area contributed by atoms with Crippen LogP contribution in [-0.2, 0) is 15.3 Å². The lowest BCUT2D eigenvalue weighted by Gasteiger charge is -2.19. The number of hydrogen-bond acceptors (Lipinski definition) is 5. The van der Waals surface area contributed by atoms with Gasteiger partial charge in [0.25, 0.3) is 0 Å². The van der Waals surface area contributed by atoms with Crippen LogP contribution in [0.2, 0.25) is 0 Å². The molecule has 1 aromatic carbocycles. The molecule has 106 valence electrons. The maximum atomic E-state index is 12.0. The first-order chi connectivity index (χ1) is 8.88. The van der Waals surface area contributed by atoms with Crippen LogP contribution in [0, 0.1) is 0 Å². The average molecular weight is 285 g/mol. The van der Waals surface area contributed by atoms with Crippen molar-refractivity contribution >= 4 is 9.84 Å². The highest BCUT2D eigenvalue weighted by Gasteiger charge is 2.46. The van der Waals surface area contributed by atoms with Crippen LogP contribution in [0.3, 0.4) is 0 Å². The molecule has 0 spiro atoms.